The zero-order valence-corrected chi connectivity index (χ0v) is 19.3. The molecule has 3 aromatic rings. The number of alkyl halides is 1. The minimum atomic E-state index is -1.69. The number of rotatable bonds is 5. The van der Waals surface area contributed by atoms with E-state index in [0.717, 1.165) is 29.6 Å². The minimum Gasteiger partial charge on any atom is -0.390 e. The van der Waals surface area contributed by atoms with E-state index in [2.05, 4.69) is 39.0 Å². The van der Waals surface area contributed by atoms with Gasteiger partial charge in [-0.25, -0.2) is 19.3 Å². The van der Waals surface area contributed by atoms with Gasteiger partial charge < -0.3 is 20.2 Å². The molecule has 5 heterocycles. The number of aryl methyl sites for hydroxylation is 1. The highest BCUT2D eigenvalue weighted by Crippen LogP contribution is 2.34. The van der Waals surface area contributed by atoms with Crippen LogP contribution in [0.4, 0.5) is 27.8 Å². The summed E-state index contributed by atoms with van der Waals surface area (Å²) in [5.74, 6) is 2.69. The molecule has 2 fully saturated rings. The van der Waals surface area contributed by atoms with E-state index in [1.165, 1.54) is 18.9 Å². The van der Waals surface area contributed by atoms with Crippen LogP contribution < -0.4 is 15.1 Å². The molecule has 33 heavy (non-hydrogen) atoms. The number of halogens is 1. The molecular weight excluding hydrogens is 421 g/mol. The summed E-state index contributed by atoms with van der Waals surface area (Å²) >= 11 is 0. The van der Waals surface area contributed by atoms with E-state index in [1.54, 1.807) is 17.2 Å². The molecule has 174 valence electrons. The number of aromatic nitrogens is 4. The molecule has 2 unspecified atom stereocenters. The van der Waals surface area contributed by atoms with Crippen LogP contribution >= 0.6 is 0 Å². The summed E-state index contributed by atoms with van der Waals surface area (Å²) in [5.41, 5.74) is -0.522. The van der Waals surface area contributed by atoms with E-state index in [4.69, 9.17) is 4.98 Å². The second-order valence-corrected chi connectivity index (χ2v) is 9.28. The Labute approximate surface area is 192 Å². The first-order chi connectivity index (χ1) is 15.9. The van der Waals surface area contributed by atoms with Crippen molar-refractivity contribution in [1.82, 2.24) is 19.9 Å². The Morgan fingerprint density at radius 3 is 2.70 bits per heavy atom. The van der Waals surface area contributed by atoms with Crippen LogP contribution in [-0.4, -0.2) is 62.5 Å². The molecule has 8 nitrogen and oxygen atoms in total. The third kappa shape index (κ3) is 4.06. The fourth-order valence-electron chi connectivity index (χ4n) is 4.60. The first-order valence-corrected chi connectivity index (χ1v) is 11.6. The summed E-state index contributed by atoms with van der Waals surface area (Å²) in [7, 11) is 0. The van der Waals surface area contributed by atoms with E-state index >= 15 is 0 Å². The predicted octanol–water partition coefficient (Wildman–Crippen LogP) is 3.62. The van der Waals surface area contributed by atoms with Crippen LogP contribution in [0.5, 0.6) is 0 Å². The molecule has 0 bridgehead atoms. The van der Waals surface area contributed by atoms with Gasteiger partial charge in [0, 0.05) is 43.1 Å². The molecule has 0 radical (unpaired) electrons. The first kappa shape index (κ1) is 21.8. The van der Waals surface area contributed by atoms with Gasteiger partial charge in [-0.15, -0.1) is 0 Å². The average Bonchev–Trinajstić information content (AvgIpc) is 2.80. The van der Waals surface area contributed by atoms with Crippen LogP contribution in [0.25, 0.3) is 10.8 Å². The number of pyridine rings is 2. The Hall–Kier alpha value is -3.07. The van der Waals surface area contributed by atoms with E-state index < -0.39 is 11.8 Å². The van der Waals surface area contributed by atoms with Crippen molar-refractivity contribution in [3.63, 3.8) is 0 Å². The SMILES string of the molecule is CCc1cnc(N2CC[C@H]2C)c2cnc(Nc3ccnc(N4CCC(O)C(C)(F)C4)n3)cc12. The molecule has 3 aromatic heterocycles. The Bertz CT molecular complexity index is 1170. The van der Waals surface area contributed by atoms with Gasteiger partial charge in [-0.3, -0.25) is 0 Å². The fourth-order valence-corrected chi connectivity index (χ4v) is 4.60. The highest BCUT2D eigenvalue weighted by Gasteiger charge is 2.39. The Morgan fingerprint density at radius 2 is 2.00 bits per heavy atom. The number of anilines is 4. The quantitative estimate of drug-likeness (QED) is 0.608. The number of nitrogens with one attached hydrogen (secondary N) is 1. The van der Waals surface area contributed by atoms with Gasteiger partial charge in [0.2, 0.25) is 5.95 Å². The molecule has 3 atom stereocenters. The van der Waals surface area contributed by atoms with Crippen LogP contribution in [-0.2, 0) is 6.42 Å². The summed E-state index contributed by atoms with van der Waals surface area (Å²) in [5, 5.41) is 15.4. The lowest BCUT2D eigenvalue weighted by atomic mass is 9.94. The average molecular weight is 452 g/mol. The molecule has 0 amide bonds. The topological polar surface area (TPSA) is 90.3 Å². The van der Waals surface area contributed by atoms with Crippen LogP contribution in [0.15, 0.2) is 30.7 Å². The van der Waals surface area contributed by atoms with Gasteiger partial charge in [0.1, 0.15) is 17.5 Å². The maximum atomic E-state index is 14.6. The van der Waals surface area contributed by atoms with Crippen molar-refractivity contribution in [2.75, 3.05) is 34.8 Å². The second-order valence-electron chi connectivity index (χ2n) is 9.28. The number of fused-ring (bicyclic) bond motifs is 1. The van der Waals surface area contributed by atoms with Gasteiger partial charge in [-0.2, -0.15) is 4.98 Å². The van der Waals surface area contributed by atoms with Gasteiger partial charge in [0.05, 0.1) is 12.6 Å². The molecule has 9 heteroatoms. The number of nitrogens with zero attached hydrogens (tertiary/aromatic N) is 6. The second kappa shape index (κ2) is 8.37. The van der Waals surface area contributed by atoms with E-state index in [1.807, 2.05) is 18.5 Å². The summed E-state index contributed by atoms with van der Waals surface area (Å²) in [4.78, 5) is 22.4. The zero-order chi connectivity index (χ0) is 23.2. The largest absolute Gasteiger partial charge is 0.390 e. The van der Waals surface area contributed by atoms with Crippen LogP contribution in [0.1, 0.15) is 39.2 Å². The first-order valence-electron chi connectivity index (χ1n) is 11.6. The van der Waals surface area contributed by atoms with Gasteiger partial charge in [0.25, 0.3) is 0 Å². The lowest BCUT2D eigenvalue weighted by Gasteiger charge is -2.40. The molecule has 2 aliphatic rings. The maximum absolute atomic E-state index is 14.6. The molecule has 0 saturated carbocycles. The number of hydrogen-bond donors (Lipinski definition) is 2. The van der Waals surface area contributed by atoms with Crippen molar-refractivity contribution in [2.45, 2.75) is 57.8 Å². The summed E-state index contributed by atoms with van der Waals surface area (Å²) in [6.45, 7) is 7.33. The Morgan fingerprint density at radius 1 is 1.15 bits per heavy atom. The Balaban J connectivity index is 1.42. The Kier molecular flexibility index (Phi) is 5.52. The fraction of sp³-hybridized carbons (Fsp3) is 0.500. The van der Waals surface area contributed by atoms with Crippen molar-refractivity contribution >= 4 is 34.2 Å². The summed E-state index contributed by atoms with van der Waals surface area (Å²) in [6.07, 6.45) is 6.93. The zero-order valence-electron chi connectivity index (χ0n) is 19.3. The van der Waals surface area contributed by atoms with Gasteiger partial charge in [-0.05, 0) is 56.2 Å². The van der Waals surface area contributed by atoms with Crippen LogP contribution in [0.2, 0.25) is 0 Å². The number of aliphatic hydroxyl groups is 1. The number of piperidine rings is 1. The minimum absolute atomic E-state index is 0.0520. The van der Waals surface area contributed by atoms with Crippen LogP contribution in [0, 0.1) is 0 Å². The van der Waals surface area contributed by atoms with Crippen molar-refractivity contribution in [2.24, 2.45) is 0 Å². The molecule has 2 saturated heterocycles. The standard InChI is InChI=1S/C24H30FN7O/c1-4-16-12-28-22(32-10-6-15(32)2)18-13-27-21(11-17(16)18)29-20-5-8-26-23(30-20)31-9-7-19(33)24(3,25)14-31/h5,8,11-13,15,19,33H,4,6-7,9-10,14H2,1-3H3,(H,26,27,29,30)/t15-,19?,24?/m1/s1. The molecule has 2 aliphatic heterocycles. The van der Waals surface area contributed by atoms with Gasteiger partial charge >= 0.3 is 0 Å². The molecule has 2 N–H and O–H groups in total. The molecule has 5 rings (SSSR count). The van der Waals surface area contributed by atoms with E-state index in [-0.39, 0.29) is 6.54 Å². The van der Waals surface area contributed by atoms with Crippen molar-refractivity contribution in [3.8, 4) is 0 Å². The molecular formula is C24H30FN7O. The van der Waals surface area contributed by atoms with Crippen molar-refractivity contribution in [3.05, 3.63) is 36.3 Å². The lowest BCUT2D eigenvalue weighted by molar-refractivity contribution is -0.00860. The third-order valence-corrected chi connectivity index (χ3v) is 6.86. The monoisotopic (exact) mass is 451 g/mol. The van der Waals surface area contributed by atoms with Gasteiger partial charge in [-0.1, -0.05) is 6.92 Å². The van der Waals surface area contributed by atoms with E-state index in [0.29, 0.717) is 36.6 Å². The highest BCUT2D eigenvalue weighted by molar-refractivity contribution is 5.95. The van der Waals surface area contributed by atoms with Gasteiger partial charge in [0.15, 0.2) is 5.67 Å². The molecule has 0 aromatic carbocycles. The lowest BCUT2D eigenvalue weighted by Crippen LogP contribution is -2.52. The highest BCUT2D eigenvalue weighted by atomic mass is 19.1. The van der Waals surface area contributed by atoms with Crippen LogP contribution in [0.3, 0.4) is 0 Å². The predicted molar refractivity (Wildman–Crippen MR) is 128 cm³/mol. The van der Waals surface area contributed by atoms with Crippen molar-refractivity contribution in [1.29, 1.82) is 0 Å². The third-order valence-electron chi connectivity index (χ3n) is 6.86. The smallest absolute Gasteiger partial charge is 0.227 e. The molecule has 0 aliphatic carbocycles. The summed E-state index contributed by atoms with van der Waals surface area (Å²) < 4.78 is 14.6. The van der Waals surface area contributed by atoms with Crippen molar-refractivity contribution < 1.29 is 9.50 Å². The maximum Gasteiger partial charge on any atom is 0.227 e. The number of hydrogen-bond acceptors (Lipinski definition) is 8. The normalized spacial score (nSPS) is 25.2. The summed E-state index contributed by atoms with van der Waals surface area (Å²) in [6, 6.07) is 4.30. The molecule has 0 spiro atoms. The number of aliphatic hydroxyl groups excluding tert-OH is 1. The van der Waals surface area contributed by atoms with E-state index in [9.17, 15) is 9.50 Å².